The molecule has 0 fully saturated rings. The third-order valence-corrected chi connectivity index (χ3v) is 1.22. The molecular weight excluding hydrogens is 158 g/mol. The van der Waals surface area contributed by atoms with Gasteiger partial charge in [0, 0.05) is 5.92 Å². The summed E-state index contributed by atoms with van der Waals surface area (Å²) in [5, 5.41) is 8.53. The van der Waals surface area contributed by atoms with Crippen LogP contribution in [0.5, 0.6) is 0 Å². The lowest BCUT2D eigenvalue weighted by Crippen LogP contribution is -2.22. The van der Waals surface area contributed by atoms with Crippen LogP contribution in [0.25, 0.3) is 0 Å². The van der Waals surface area contributed by atoms with Gasteiger partial charge in [-0.2, -0.15) is 5.26 Å². The number of hydrogen-bond acceptors (Lipinski definition) is 4. The molecule has 0 aromatic carbocycles. The second-order valence-corrected chi connectivity index (χ2v) is 2.59. The molecule has 0 amide bonds. The van der Waals surface area contributed by atoms with E-state index in [2.05, 4.69) is 9.47 Å². The Balaban J connectivity index is 3.88. The van der Waals surface area contributed by atoms with Gasteiger partial charge >= 0.3 is 6.16 Å². The predicted octanol–water partition coefficient (Wildman–Crippen LogP) is 1.71. The van der Waals surface area contributed by atoms with E-state index in [4.69, 9.17) is 5.26 Å². The lowest BCUT2D eigenvalue weighted by atomic mass is 10.1. The largest absolute Gasteiger partial charge is 0.509 e. The smallest absolute Gasteiger partial charge is 0.435 e. The Morgan fingerprint density at radius 2 is 2.17 bits per heavy atom. The molecule has 1 atom stereocenters. The van der Waals surface area contributed by atoms with Crippen molar-refractivity contribution in [3.05, 3.63) is 0 Å². The van der Waals surface area contributed by atoms with Crippen LogP contribution in [0.1, 0.15) is 20.8 Å². The van der Waals surface area contributed by atoms with Gasteiger partial charge in [-0.05, 0) is 6.92 Å². The van der Waals surface area contributed by atoms with Crippen molar-refractivity contribution < 1.29 is 14.3 Å². The Kier molecular flexibility index (Phi) is 4.86. The van der Waals surface area contributed by atoms with Crippen LogP contribution >= 0.6 is 0 Å². The minimum atomic E-state index is -0.780. The fourth-order valence-electron chi connectivity index (χ4n) is 0.567. The number of ether oxygens (including phenoxy) is 2. The van der Waals surface area contributed by atoms with Crippen molar-refractivity contribution in [1.29, 1.82) is 5.26 Å². The second-order valence-electron chi connectivity index (χ2n) is 2.59. The van der Waals surface area contributed by atoms with Crippen LogP contribution in [0, 0.1) is 17.2 Å². The Hall–Kier alpha value is -1.24. The molecule has 0 aromatic rings. The van der Waals surface area contributed by atoms with Gasteiger partial charge in [0.25, 0.3) is 0 Å². The quantitative estimate of drug-likeness (QED) is 0.606. The molecule has 0 aliphatic heterocycles. The molecule has 0 spiro atoms. The molecule has 0 bridgehead atoms. The molecule has 4 heteroatoms. The van der Waals surface area contributed by atoms with Gasteiger partial charge in [-0.3, -0.25) is 0 Å². The summed E-state index contributed by atoms with van der Waals surface area (Å²) in [4.78, 5) is 10.7. The number of rotatable bonds is 3. The maximum Gasteiger partial charge on any atom is 0.509 e. The van der Waals surface area contributed by atoms with Gasteiger partial charge in [-0.1, -0.05) is 13.8 Å². The number of hydrogen-bond donors (Lipinski definition) is 0. The molecule has 0 N–H and O–H groups in total. The Morgan fingerprint density at radius 3 is 2.50 bits per heavy atom. The van der Waals surface area contributed by atoms with Gasteiger partial charge in [-0.15, -0.1) is 0 Å². The van der Waals surface area contributed by atoms with Crippen molar-refractivity contribution in [3.8, 4) is 6.07 Å². The van der Waals surface area contributed by atoms with E-state index < -0.39 is 12.3 Å². The summed E-state index contributed by atoms with van der Waals surface area (Å²) in [7, 11) is 0. The highest BCUT2D eigenvalue weighted by molar-refractivity contribution is 5.60. The van der Waals surface area contributed by atoms with Crippen molar-refractivity contribution in [1.82, 2.24) is 0 Å². The van der Waals surface area contributed by atoms with Crippen LogP contribution in [0.3, 0.4) is 0 Å². The molecule has 4 nitrogen and oxygen atoms in total. The van der Waals surface area contributed by atoms with E-state index in [0.29, 0.717) is 0 Å². The van der Waals surface area contributed by atoms with Crippen molar-refractivity contribution in [2.45, 2.75) is 26.9 Å². The van der Waals surface area contributed by atoms with Crippen LogP contribution in [0.4, 0.5) is 4.79 Å². The summed E-state index contributed by atoms with van der Waals surface area (Å²) >= 11 is 0. The first-order chi connectivity index (χ1) is 5.61. The predicted molar refractivity (Wildman–Crippen MR) is 42.3 cm³/mol. The van der Waals surface area contributed by atoms with Gasteiger partial charge in [0.15, 0.2) is 6.10 Å². The lowest BCUT2D eigenvalue weighted by molar-refractivity contribution is 0.0299. The van der Waals surface area contributed by atoms with Crippen molar-refractivity contribution in [2.75, 3.05) is 6.61 Å². The molecule has 12 heavy (non-hydrogen) atoms. The summed E-state index contributed by atoms with van der Waals surface area (Å²) in [6.07, 6.45) is -1.50. The number of carbonyl (C=O) groups is 1. The van der Waals surface area contributed by atoms with Gasteiger partial charge in [0.2, 0.25) is 0 Å². The molecule has 0 saturated carbocycles. The lowest BCUT2D eigenvalue weighted by Gasteiger charge is -2.12. The van der Waals surface area contributed by atoms with E-state index in [0.717, 1.165) is 0 Å². The van der Waals surface area contributed by atoms with Crippen LogP contribution < -0.4 is 0 Å². The molecular formula is C8H13NO3. The zero-order chi connectivity index (χ0) is 9.56. The third kappa shape index (κ3) is 3.81. The topological polar surface area (TPSA) is 59.3 Å². The van der Waals surface area contributed by atoms with Crippen LogP contribution in [-0.4, -0.2) is 18.9 Å². The number of nitrogens with zero attached hydrogens (tertiary/aromatic N) is 1. The maximum absolute atomic E-state index is 10.7. The van der Waals surface area contributed by atoms with Crippen LogP contribution in [0.15, 0.2) is 0 Å². The average Bonchev–Trinajstić information content (AvgIpc) is 2.00. The highest BCUT2D eigenvalue weighted by atomic mass is 16.7. The van der Waals surface area contributed by atoms with Gasteiger partial charge < -0.3 is 9.47 Å². The molecule has 0 aromatic heterocycles. The minimum Gasteiger partial charge on any atom is -0.435 e. The number of carbonyl (C=O) groups excluding carboxylic acids is 1. The Bertz CT molecular complexity index is 183. The van der Waals surface area contributed by atoms with Crippen molar-refractivity contribution in [2.24, 2.45) is 5.92 Å². The summed E-state index contributed by atoms with van der Waals surface area (Å²) < 4.78 is 9.19. The highest BCUT2D eigenvalue weighted by Crippen LogP contribution is 2.06. The normalized spacial score (nSPS) is 11.9. The Labute approximate surface area is 72.1 Å². The van der Waals surface area contributed by atoms with Gasteiger partial charge in [0.1, 0.15) is 6.07 Å². The van der Waals surface area contributed by atoms with Crippen LogP contribution in [-0.2, 0) is 9.47 Å². The molecule has 0 saturated heterocycles. The Morgan fingerprint density at radius 1 is 1.58 bits per heavy atom. The first-order valence-electron chi connectivity index (χ1n) is 3.84. The van der Waals surface area contributed by atoms with E-state index in [1.54, 1.807) is 20.8 Å². The van der Waals surface area contributed by atoms with Crippen LogP contribution in [0.2, 0.25) is 0 Å². The zero-order valence-electron chi connectivity index (χ0n) is 7.53. The van der Waals surface area contributed by atoms with Crippen molar-refractivity contribution in [3.63, 3.8) is 0 Å². The van der Waals surface area contributed by atoms with E-state index in [-0.39, 0.29) is 12.5 Å². The first kappa shape index (κ1) is 10.8. The van der Waals surface area contributed by atoms with E-state index in [1.165, 1.54) is 0 Å². The summed E-state index contributed by atoms with van der Waals surface area (Å²) in [5.74, 6) is -0.0144. The summed E-state index contributed by atoms with van der Waals surface area (Å²) in [5.41, 5.74) is 0. The molecule has 0 unspecified atom stereocenters. The molecule has 68 valence electrons. The first-order valence-corrected chi connectivity index (χ1v) is 3.84. The monoisotopic (exact) mass is 171 g/mol. The minimum absolute atomic E-state index is 0.0144. The number of nitriles is 1. The standard InChI is InChI=1S/C8H13NO3/c1-4-11-8(10)12-7(5-9)6(2)3/h6-7H,4H2,1-3H3/t7-/m0/s1. The van der Waals surface area contributed by atoms with Gasteiger partial charge in [-0.25, -0.2) is 4.79 Å². The molecule has 0 aliphatic carbocycles. The van der Waals surface area contributed by atoms with E-state index >= 15 is 0 Å². The van der Waals surface area contributed by atoms with Gasteiger partial charge in [0.05, 0.1) is 6.61 Å². The second kappa shape index (κ2) is 5.42. The fourth-order valence-corrected chi connectivity index (χ4v) is 0.567. The third-order valence-electron chi connectivity index (χ3n) is 1.22. The van der Waals surface area contributed by atoms with E-state index in [9.17, 15) is 4.79 Å². The summed E-state index contributed by atoms with van der Waals surface area (Å²) in [6, 6.07) is 1.87. The highest BCUT2D eigenvalue weighted by Gasteiger charge is 2.17. The molecule has 0 heterocycles. The van der Waals surface area contributed by atoms with Crippen molar-refractivity contribution >= 4 is 6.16 Å². The van der Waals surface area contributed by atoms with E-state index in [1.807, 2.05) is 6.07 Å². The fraction of sp³-hybridized carbons (Fsp3) is 0.750. The molecule has 0 rings (SSSR count). The zero-order valence-corrected chi connectivity index (χ0v) is 7.53. The maximum atomic E-state index is 10.7. The molecule has 0 radical (unpaired) electrons. The average molecular weight is 171 g/mol. The molecule has 0 aliphatic rings. The SMILES string of the molecule is CCOC(=O)O[C@@H](C#N)C(C)C. The summed E-state index contributed by atoms with van der Waals surface area (Å²) in [6.45, 7) is 5.54.